The highest BCUT2D eigenvalue weighted by Gasteiger charge is 2.39. The Labute approximate surface area is 180 Å². The highest BCUT2D eigenvalue weighted by atomic mass is 19.2. The van der Waals surface area contributed by atoms with Crippen LogP contribution in [-0.4, -0.2) is 45.7 Å². The molecule has 6 nitrogen and oxygen atoms in total. The molecular formula is C23H29F2N5O. The maximum atomic E-state index is 14.6. The van der Waals surface area contributed by atoms with Crippen LogP contribution in [0.25, 0.3) is 0 Å². The van der Waals surface area contributed by atoms with Crippen LogP contribution in [0.3, 0.4) is 0 Å². The monoisotopic (exact) mass is 429 g/mol. The van der Waals surface area contributed by atoms with Gasteiger partial charge in [0.15, 0.2) is 17.5 Å². The lowest BCUT2D eigenvalue weighted by atomic mass is 9.78. The molecule has 166 valence electrons. The highest BCUT2D eigenvalue weighted by Crippen LogP contribution is 2.42. The van der Waals surface area contributed by atoms with Crippen LogP contribution in [0.4, 0.5) is 13.6 Å². The zero-order valence-corrected chi connectivity index (χ0v) is 17.7. The third-order valence-electron chi connectivity index (χ3n) is 7.22. The van der Waals surface area contributed by atoms with Crippen molar-refractivity contribution in [3.8, 4) is 0 Å². The molecule has 2 saturated carbocycles. The van der Waals surface area contributed by atoms with E-state index in [0.717, 1.165) is 56.2 Å². The van der Waals surface area contributed by atoms with Crippen LogP contribution in [0.2, 0.25) is 0 Å². The van der Waals surface area contributed by atoms with Gasteiger partial charge in [-0.05, 0) is 50.2 Å². The van der Waals surface area contributed by atoms with E-state index in [1.54, 1.807) is 12.1 Å². The number of piperidine rings is 1. The number of hydrogen-bond acceptors (Lipinski definition) is 3. The molecule has 0 bridgehead atoms. The van der Waals surface area contributed by atoms with E-state index in [4.69, 9.17) is 0 Å². The first-order valence-electron chi connectivity index (χ1n) is 11.5. The number of aromatic nitrogens is 3. The van der Waals surface area contributed by atoms with Gasteiger partial charge in [0.25, 0.3) is 0 Å². The molecule has 1 saturated heterocycles. The van der Waals surface area contributed by atoms with Crippen molar-refractivity contribution in [3.05, 3.63) is 47.0 Å². The second-order valence-electron chi connectivity index (χ2n) is 9.39. The van der Waals surface area contributed by atoms with Crippen molar-refractivity contribution in [1.29, 1.82) is 0 Å². The number of hydrogen-bond donors (Lipinski definition) is 2. The Kier molecular flexibility index (Phi) is 5.40. The van der Waals surface area contributed by atoms with E-state index in [1.165, 1.54) is 12.8 Å². The molecule has 2 aromatic rings. The molecule has 1 aliphatic heterocycles. The van der Waals surface area contributed by atoms with E-state index in [9.17, 15) is 13.6 Å². The van der Waals surface area contributed by atoms with Crippen LogP contribution in [0.15, 0.2) is 18.2 Å². The predicted octanol–water partition coefficient (Wildman–Crippen LogP) is 4.36. The summed E-state index contributed by atoms with van der Waals surface area (Å²) in [7, 11) is 0. The van der Waals surface area contributed by atoms with Gasteiger partial charge >= 0.3 is 6.03 Å². The fourth-order valence-electron chi connectivity index (χ4n) is 5.25. The highest BCUT2D eigenvalue weighted by molar-refractivity contribution is 5.74. The van der Waals surface area contributed by atoms with Gasteiger partial charge in [-0.15, -0.1) is 0 Å². The second-order valence-corrected chi connectivity index (χ2v) is 9.39. The standard InChI is InChI=1S/C23H29F2N5O/c24-18-7-3-6-17(19(18)25)23(10-1-2-11-23)14-26-22(31)30-12-4-5-16(13-30)21-27-20(28-29-21)15-8-9-15/h3,6-7,15-16H,1-2,4-5,8-14H2,(H,26,31)(H,27,28,29). The largest absolute Gasteiger partial charge is 0.337 e. The maximum Gasteiger partial charge on any atom is 0.317 e. The number of amides is 2. The number of aromatic amines is 1. The number of halogens is 2. The average Bonchev–Trinajstić information content (AvgIpc) is 3.32. The normalized spacial score (nSPS) is 23.2. The summed E-state index contributed by atoms with van der Waals surface area (Å²) in [5.74, 6) is 0.809. The van der Waals surface area contributed by atoms with Crippen molar-refractivity contribution in [3.63, 3.8) is 0 Å². The van der Waals surface area contributed by atoms with E-state index in [0.29, 0.717) is 31.1 Å². The lowest BCUT2D eigenvalue weighted by Crippen LogP contribution is -2.48. The fourth-order valence-corrected chi connectivity index (χ4v) is 5.25. The van der Waals surface area contributed by atoms with Gasteiger partial charge in [-0.2, -0.15) is 5.10 Å². The van der Waals surface area contributed by atoms with Gasteiger partial charge in [0.05, 0.1) is 0 Å². The minimum absolute atomic E-state index is 0.129. The SMILES string of the molecule is O=C(NCC1(c2cccc(F)c2F)CCCC1)N1CCCC(c2n[nH]c(C3CC3)n2)C1. The lowest BCUT2D eigenvalue weighted by molar-refractivity contribution is 0.175. The molecule has 1 aromatic heterocycles. The molecule has 1 aromatic carbocycles. The smallest absolute Gasteiger partial charge is 0.317 e. The molecule has 1 atom stereocenters. The third kappa shape index (κ3) is 4.04. The molecular weight excluding hydrogens is 400 g/mol. The summed E-state index contributed by atoms with van der Waals surface area (Å²) in [5.41, 5.74) is -0.157. The molecule has 31 heavy (non-hydrogen) atoms. The van der Waals surface area contributed by atoms with Crippen molar-refractivity contribution in [2.75, 3.05) is 19.6 Å². The lowest BCUT2D eigenvalue weighted by Gasteiger charge is -2.34. The van der Waals surface area contributed by atoms with Crippen molar-refractivity contribution < 1.29 is 13.6 Å². The van der Waals surface area contributed by atoms with Crippen molar-refractivity contribution >= 4 is 6.03 Å². The molecule has 3 fully saturated rings. The van der Waals surface area contributed by atoms with Gasteiger partial charge in [0.2, 0.25) is 0 Å². The van der Waals surface area contributed by atoms with E-state index in [1.807, 2.05) is 4.90 Å². The summed E-state index contributed by atoms with van der Waals surface area (Å²) in [6.45, 7) is 1.58. The van der Waals surface area contributed by atoms with Gasteiger partial charge in [0, 0.05) is 36.9 Å². The van der Waals surface area contributed by atoms with Gasteiger partial charge in [-0.1, -0.05) is 25.0 Å². The number of nitrogens with zero attached hydrogens (tertiary/aromatic N) is 3. The number of carbonyl (C=O) groups excluding carboxylic acids is 1. The minimum atomic E-state index is -0.828. The van der Waals surface area contributed by atoms with Crippen molar-refractivity contribution in [2.24, 2.45) is 0 Å². The van der Waals surface area contributed by atoms with Crippen molar-refractivity contribution in [2.45, 2.75) is 68.6 Å². The Morgan fingerprint density at radius 2 is 1.97 bits per heavy atom. The van der Waals surface area contributed by atoms with Gasteiger partial charge in [-0.25, -0.2) is 18.6 Å². The van der Waals surface area contributed by atoms with Crippen molar-refractivity contribution in [1.82, 2.24) is 25.4 Å². The fraction of sp³-hybridized carbons (Fsp3) is 0.609. The maximum absolute atomic E-state index is 14.6. The number of nitrogens with one attached hydrogen (secondary N) is 2. The zero-order valence-electron chi connectivity index (χ0n) is 17.7. The molecule has 8 heteroatoms. The van der Waals surface area contributed by atoms with Crippen LogP contribution in [0, 0.1) is 11.6 Å². The summed E-state index contributed by atoms with van der Waals surface area (Å²) < 4.78 is 28.4. The minimum Gasteiger partial charge on any atom is -0.337 e. The van der Waals surface area contributed by atoms with Gasteiger partial charge in [-0.3, -0.25) is 5.10 Å². The Bertz CT molecular complexity index is 951. The Morgan fingerprint density at radius 1 is 1.16 bits per heavy atom. The summed E-state index contributed by atoms with van der Waals surface area (Å²) in [6, 6.07) is 4.21. The number of carbonyl (C=O) groups is 1. The Morgan fingerprint density at radius 3 is 2.74 bits per heavy atom. The van der Waals surface area contributed by atoms with E-state index in [2.05, 4.69) is 20.5 Å². The first-order valence-corrected chi connectivity index (χ1v) is 11.5. The average molecular weight is 430 g/mol. The van der Waals surface area contributed by atoms with Crippen LogP contribution >= 0.6 is 0 Å². The molecule has 0 spiro atoms. The predicted molar refractivity (Wildman–Crippen MR) is 112 cm³/mol. The quantitative estimate of drug-likeness (QED) is 0.742. The molecule has 2 N–H and O–H groups in total. The van der Waals surface area contributed by atoms with Gasteiger partial charge < -0.3 is 10.2 Å². The summed E-state index contributed by atoms with van der Waals surface area (Å²) in [6.07, 6.45) is 7.59. The summed E-state index contributed by atoms with van der Waals surface area (Å²) >= 11 is 0. The molecule has 2 aliphatic carbocycles. The number of benzene rings is 1. The summed E-state index contributed by atoms with van der Waals surface area (Å²) in [5, 5.41) is 10.5. The van der Waals surface area contributed by atoms with Crippen LogP contribution in [-0.2, 0) is 5.41 Å². The first kappa shape index (κ1) is 20.4. The zero-order chi connectivity index (χ0) is 21.4. The summed E-state index contributed by atoms with van der Waals surface area (Å²) in [4.78, 5) is 19.5. The molecule has 2 amide bonds. The second kappa shape index (κ2) is 8.20. The Balaban J connectivity index is 1.25. The topological polar surface area (TPSA) is 73.9 Å². The molecule has 0 radical (unpaired) electrons. The van der Waals surface area contributed by atoms with E-state index < -0.39 is 17.0 Å². The third-order valence-corrected chi connectivity index (χ3v) is 7.22. The number of rotatable bonds is 5. The van der Waals surface area contributed by atoms with Crippen LogP contribution < -0.4 is 5.32 Å². The van der Waals surface area contributed by atoms with E-state index >= 15 is 0 Å². The Hall–Kier alpha value is -2.51. The van der Waals surface area contributed by atoms with Gasteiger partial charge in [0.1, 0.15) is 5.82 Å². The number of H-pyrrole nitrogens is 1. The first-order chi connectivity index (χ1) is 15.1. The molecule has 5 rings (SSSR count). The molecule has 2 heterocycles. The number of urea groups is 1. The van der Waals surface area contributed by atoms with E-state index in [-0.39, 0.29) is 11.9 Å². The van der Waals surface area contributed by atoms with Crippen LogP contribution in [0.5, 0.6) is 0 Å². The number of likely N-dealkylation sites (tertiary alicyclic amines) is 1. The molecule has 3 aliphatic rings. The molecule has 1 unspecified atom stereocenters. The van der Waals surface area contributed by atoms with Crippen LogP contribution in [0.1, 0.15) is 80.4 Å².